The zero-order chi connectivity index (χ0) is 19.4. The molecule has 0 amide bonds. The van der Waals surface area contributed by atoms with Crippen molar-refractivity contribution in [1.82, 2.24) is 14.7 Å². The van der Waals surface area contributed by atoms with Gasteiger partial charge in [0.15, 0.2) is 0 Å². The molecule has 2 aromatic carbocycles. The Kier molecular flexibility index (Phi) is 5.36. The average molecular weight is 395 g/mol. The van der Waals surface area contributed by atoms with E-state index in [1.165, 1.54) is 0 Å². The molecule has 0 aliphatic carbocycles. The fourth-order valence-corrected chi connectivity index (χ4v) is 5.04. The molecule has 3 aromatic rings. The van der Waals surface area contributed by atoms with Gasteiger partial charge >= 0.3 is 0 Å². The van der Waals surface area contributed by atoms with Crippen molar-refractivity contribution in [3.05, 3.63) is 73.1 Å². The largest absolute Gasteiger partial charge is 0.339 e. The zero-order valence-corrected chi connectivity index (χ0v) is 16.2. The number of sulfonamides is 1. The fraction of sp³-hybridized carbons (Fsp3) is 0.238. The Morgan fingerprint density at radius 1 is 0.929 bits per heavy atom. The Hall–Kier alpha value is -2.77. The van der Waals surface area contributed by atoms with Crippen LogP contribution in [0, 0.1) is 0 Å². The van der Waals surface area contributed by atoms with Gasteiger partial charge in [-0.15, -0.1) is 0 Å². The number of nitrogens with zero attached hydrogens (tertiary/aromatic N) is 3. The Morgan fingerprint density at radius 2 is 1.64 bits per heavy atom. The summed E-state index contributed by atoms with van der Waals surface area (Å²) in [5, 5.41) is 0. The molecule has 0 radical (unpaired) electrons. The molecule has 1 atom stereocenters. The summed E-state index contributed by atoms with van der Waals surface area (Å²) < 4.78 is 29.3. The zero-order valence-electron chi connectivity index (χ0n) is 15.4. The smallest absolute Gasteiger partial charge is 0.241 e. The first-order chi connectivity index (χ1) is 13.6. The van der Waals surface area contributed by atoms with E-state index in [4.69, 9.17) is 0 Å². The number of aromatic nitrogens is 2. The maximum absolute atomic E-state index is 13.2. The molecule has 1 aliphatic rings. The van der Waals surface area contributed by atoms with E-state index in [2.05, 4.69) is 14.7 Å². The predicted molar refractivity (Wildman–Crippen MR) is 109 cm³/mol. The van der Waals surface area contributed by atoms with Gasteiger partial charge in [0, 0.05) is 37.1 Å². The summed E-state index contributed by atoms with van der Waals surface area (Å²) in [6, 6.07) is 18.3. The van der Waals surface area contributed by atoms with Crippen LogP contribution in [0.3, 0.4) is 0 Å². The molecule has 4 rings (SSSR count). The molecule has 0 saturated carbocycles. The van der Waals surface area contributed by atoms with E-state index in [0.29, 0.717) is 23.0 Å². The molecule has 0 spiro atoms. The van der Waals surface area contributed by atoms with E-state index < -0.39 is 10.0 Å². The van der Waals surface area contributed by atoms with Crippen molar-refractivity contribution in [2.45, 2.75) is 23.8 Å². The van der Waals surface area contributed by atoms with Crippen molar-refractivity contribution < 1.29 is 8.42 Å². The van der Waals surface area contributed by atoms with E-state index in [9.17, 15) is 8.42 Å². The third kappa shape index (κ3) is 4.05. The SMILES string of the molecule is O=S(=O)(NC1CCCN(c2ncccn2)C1)c1ccccc1-c1ccccc1. The van der Waals surface area contributed by atoms with Crippen LogP contribution >= 0.6 is 0 Å². The highest BCUT2D eigenvalue weighted by molar-refractivity contribution is 7.89. The lowest BCUT2D eigenvalue weighted by molar-refractivity contribution is 0.461. The van der Waals surface area contributed by atoms with Crippen LogP contribution < -0.4 is 9.62 Å². The summed E-state index contributed by atoms with van der Waals surface area (Å²) in [6.07, 6.45) is 5.07. The number of benzene rings is 2. The molecular formula is C21H22N4O2S. The van der Waals surface area contributed by atoms with Crippen molar-refractivity contribution >= 4 is 16.0 Å². The van der Waals surface area contributed by atoms with Gasteiger partial charge in [-0.1, -0.05) is 48.5 Å². The van der Waals surface area contributed by atoms with E-state index in [1.807, 2.05) is 47.4 Å². The van der Waals surface area contributed by atoms with Gasteiger partial charge < -0.3 is 4.90 Å². The lowest BCUT2D eigenvalue weighted by Crippen LogP contribution is -2.48. The van der Waals surface area contributed by atoms with E-state index in [-0.39, 0.29) is 6.04 Å². The molecule has 1 fully saturated rings. The second-order valence-corrected chi connectivity index (χ2v) is 8.50. The van der Waals surface area contributed by atoms with Crippen molar-refractivity contribution in [2.75, 3.05) is 18.0 Å². The van der Waals surface area contributed by atoms with E-state index >= 15 is 0 Å². The van der Waals surface area contributed by atoms with Gasteiger partial charge in [0.25, 0.3) is 0 Å². The topological polar surface area (TPSA) is 75.2 Å². The van der Waals surface area contributed by atoms with Gasteiger partial charge in [-0.2, -0.15) is 0 Å². The molecule has 0 bridgehead atoms. The predicted octanol–water partition coefficient (Wildman–Crippen LogP) is 3.09. The Balaban J connectivity index is 1.57. The molecule has 1 aromatic heterocycles. The average Bonchev–Trinajstić information content (AvgIpc) is 2.75. The first kappa shape index (κ1) is 18.6. The highest BCUT2D eigenvalue weighted by atomic mass is 32.2. The number of hydrogen-bond donors (Lipinski definition) is 1. The molecule has 1 unspecified atom stereocenters. The molecule has 2 heterocycles. The van der Waals surface area contributed by atoms with Crippen molar-refractivity contribution in [3.63, 3.8) is 0 Å². The van der Waals surface area contributed by atoms with Crippen LogP contribution in [0.15, 0.2) is 78.0 Å². The van der Waals surface area contributed by atoms with Gasteiger partial charge in [0.05, 0.1) is 4.90 Å². The number of nitrogens with one attached hydrogen (secondary N) is 1. The van der Waals surface area contributed by atoms with Crippen molar-refractivity contribution in [3.8, 4) is 11.1 Å². The number of rotatable bonds is 5. The van der Waals surface area contributed by atoms with Gasteiger partial charge in [-0.05, 0) is 30.5 Å². The van der Waals surface area contributed by atoms with E-state index in [1.54, 1.807) is 30.6 Å². The van der Waals surface area contributed by atoms with Crippen LogP contribution in [0.4, 0.5) is 5.95 Å². The normalized spacial score (nSPS) is 17.4. The summed E-state index contributed by atoms with van der Waals surface area (Å²) in [7, 11) is -3.66. The van der Waals surface area contributed by atoms with Gasteiger partial charge in [0.1, 0.15) is 0 Å². The highest BCUT2D eigenvalue weighted by Gasteiger charge is 2.27. The third-order valence-corrected chi connectivity index (χ3v) is 6.42. The van der Waals surface area contributed by atoms with Crippen LogP contribution in [-0.4, -0.2) is 37.5 Å². The maximum Gasteiger partial charge on any atom is 0.241 e. The van der Waals surface area contributed by atoms with Gasteiger partial charge in [0.2, 0.25) is 16.0 Å². The molecule has 144 valence electrons. The van der Waals surface area contributed by atoms with Crippen LogP contribution in [-0.2, 0) is 10.0 Å². The molecular weight excluding hydrogens is 372 g/mol. The fourth-order valence-electron chi connectivity index (χ4n) is 3.55. The molecule has 1 saturated heterocycles. The Bertz CT molecular complexity index is 1030. The Morgan fingerprint density at radius 3 is 2.43 bits per heavy atom. The van der Waals surface area contributed by atoms with Gasteiger partial charge in [-0.3, -0.25) is 0 Å². The van der Waals surface area contributed by atoms with Crippen molar-refractivity contribution in [2.24, 2.45) is 0 Å². The second kappa shape index (κ2) is 8.08. The monoisotopic (exact) mass is 394 g/mol. The second-order valence-electron chi connectivity index (χ2n) is 6.82. The summed E-state index contributed by atoms with van der Waals surface area (Å²) in [6.45, 7) is 1.37. The summed E-state index contributed by atoms with van der Waals surface area (Å²) >= 11 is 0. The lowest BCUT2D eigenvalue weighted by atomic mass is 10.1. The maximum atomic E-state index is 13.2. The van der Waals surface area contributed by atoms with Crippen LogP contribution in [0.1, 0.15) is 12.8 Å². The van der Waals surface area contributed by atoms with Crippen molar-refractivity contribution in [1.29, 1.82) is 0 Å². The third-order valence-electron chi connectivity index (χ3n) is 4.84. The Labute approximate surface area is 165 Å². The standard InChI is InChI=1S/C21H22N4O2S/c26-28(27,20-12-5-4-11-19(20)17-8-2-1-3-9-17)24-18-10-6-15-25(16-18)21-22-13-7-14-23-21/h1-5,7-9,11-14,18,24H,6,10,15-16H2. The quantitative estimate of drug-likeness (QED) is 0.720. The lowest BCUT2D eigenvalue weighted by Gasteiger charge is -2.33. The minimum Gasteiger partial charge on any atom is -0.339 e. The first-order valence-corrected chi connectivity index (χ1v) is 10.8. The van der Waals surface area contributed by atoms with Gasteiger partial charge in [-0.25, -0.2) is 23.1 Å². The molecule has 7 heteroatoms. The van der Waals surface area contributed by atoms with E-state index in [0.717, 1.165) is 24.9 Å². The number of anilines is 1. The van der Waals surface area contributed by atoms with Crippen LogP contribution in [0.25, 0.3) is 11.1 Å². The molecule has 1 aliphatic heterocycles. The van der Waals surface area contributed by atoms with Crippen LogP contribution in [0.2, 0.25) is 0 Å². The van der Waals surface area contributed by atoms with Crippen LogP contribution in [0.5, 0.6) is 0 Å². The molecule has 6 nitrogen and oxygen atoms in total. The first-order valence-electron chi connectivity index (χ1n) is 9.32. The number of hydrogen-bond acceptors (Lipinski definition) is 5. The molecule has 1 N–H and O–H groups in total. The minimum absolute atomic E-state index is 0.189. The highest BCUT2D eigenvalue weighted by Crippen LogP contribution is 2.27. The molecule has 28 heavy (non-hydrogen) atoms. The summed E-state index contributed by atoms with van der Waals surface area (Å²) in [5.41, 5.74) is 1.58. The summed E-state index contributed by atoms with van der Waals surface area (Å²) in [4.78, 5) is 10.9. The summed E-state index contributed by atoms with van der Waals surface area (Å²) in [5.74, 6) is 0.635. The number of piperidine rings is 1. The minimum atomic E-state index is -3.66.